The van der Waals surface area contributed by atoms with Gasteiger partial charge in [0.25, 0.3) is 0 Å². The molecule has 0 atom stereocenters. The summed E-state index contributed by atoms with van der Waals surface area (Å²) in [6, 6.07) is 0. The average molecular weight is 210 g/mol. The number of nitrogens with zero attached hydrogens (tertiary/aromatic N) is 4. The van der Waals surface area contributed by atoms with E-state index in [1.807, 2.05) is 11.6 Å². The summed E-state index contributed by atoms with van der Waals surface area (Å²) in [5.74, 6) is -0.00690. The van der Waals surface area contributed by atoms with Gasteiger partial charge in [0.15, 0.2) is 0 Å². The summed E-state index contributed by atoms with van der Waals surface area (Å²) in [5.41, 5.74) is 0. The van der Waals surface area contributed by atoms with Gasteiger partial charge in [-0.25, -0.2) is 9.67 Å². The van der Waals surface area contributed by atoms with Crippen molar-refractivity contribution < 1.29 is 9.90 Å². The third kappa shape index (κ3) is 1.99. The number of hydrogen-bond donors (Lipinski definition) is 1. The molecule has 0 aromatic carbocycles. The molecule has 0 bridgehead atoms. The molecular formula is C9H14N4O2. The quantitative estimate of drug-likeness (QED) is 0.746. The minimum atomic E-state index is -0.705. The molecule has 1 aromatic rings. The first kappa shape index (κ1) is 10.1. The summed E-state index contributed by atoms with van der Waals surface area (Å²) in [4.78, 5) is 16.8. The zero-order chi connectivity index (χ0) is 10.8. The highest BCUT2D eigenvalue weighted by atomic mass is 16.4. The van der Waals surface area contributed by atoms with E-state index in [0.29, 0.717) is 19.6 Å². The van der Waals surface area contributed by atoms with Gasteiger partial charge in [0.05, 0.1) is 12.5 Å². The van der Waals surface area contributed by atoms with E-state index in [1.165, 1.54) is 6.33 Å². The second-order valence-corrected chi connectivity index (χ2v) is 3.72. The Morgan fingerprint density at radius 2 is 2.40 bits per heavy atom. The summed E-state index contributed by atoms with van der Waals surface area (Å²) in [6.45, 7) is 4.73. The van der Waals surface area contributed by atoms with Gasteiger partial charge in [-0.3, -0.25) is 9.69 Å². The van der Waals surface area contributed by atoms with Crippen molar-refractivity contribution in [2.45, 2.75) is 20.0 Å². The number of hydrogen-bond acceptors (Lipinski definition) is 4. The Balaban J connectivity index is 1.87. The fourth-order valence-electron chi connectivity index (χ4n) is 1.73. The van der Waals surface area contributed by atoms with Crippen LogP contribution in [0.25, 0.3) is 0 Å². The molecule has 82 valence electrons. The van der Waals surface area contributed by atoms with Gasteiger partial charge in [0.1, 0.15) is 12.2 Å². The van der Waals surface area contributed by atoms with Crippen molar-refractivity contribution in [1.29, 1.82) is 0 Å². The average Bonchev–Trinajstić information content (AvgIpc) is 2.56. The lowest BCUT2D eigenvalue weighted by Crippen LogP contribution is -2.49. The van der Waals surface area contributed by atoms with E-state index in [9.17, 15) is 4.79 Å². The van der Waals surface area contributed by atoms with Crippen LogP contribution in [0.5, 0.6) is 0 Å². The maximum Gasteiger partial charge on any atom is 0.309 e. The smallest absolute Gasteiger partial charge is 0.309 e. The maximum absolute atomic E-state index is 10.6. The third-order valence-electron chi connectivity index (χ3n) is 2.67. The lowest BCUT2D eigenvalue weighted by molar-refractivity contribution is -0.147. The maximum atomic E-state index is 10.6. The summed E-state index contributed by atoms with van der Waals surface area (Å²) in [6.07, 6.45) is 1.54. The van der Waals surface area contributed by atoms with Gasteiger partial charge < -0.3 is 5.11 Å². The SMILES string of the molecule is CCn1ncnc1CN1CC(C(=O)O)C1. The Morgan fingerprint density at radius 3 is 3.00 bits per heavy atom. The van der Waals surface area contributed by atoms with Crippen LogP contribution in [0.2, 0.25) is 0 Å². The van der Waals surface area contributed by atoms with E-state index in [-0.39, 0.29) is 5.92 Å². The predicted molar refractivity (Wildman–Crippen MR) is 52.1 cm³/mol. The minimum absolute atomic E-state index is 0.206. The largest absolute Gasteiger partial charge is 0.481 e. The highest BCUT2D eigenvalue weighted by Gasteiger charge is 2.32. The van der Waals surface area contributed by atoms with Gasteiger partial charge in [-0.05, 0) is 6.92 Å². The van der Waals surface area contributed by atoms with Crippen LogP contribution in [0.4, 0.5) is 0 Å². The molecule has 0 spiro atoms. The fourth-order valence-corrected chi connectivity index (χ4v) is 1.73. The van der Waals surface area contributed by atoms with Crippen LogP contribution in [-0.4, -0.2) is 43.8 Å². The molecular weight excluding hydrogens is 196 g/mol. The molecule has 1 aliphatic heterocycles. The van der Waals surface area contributed by atoms with Crippen LogP contribution in [0.15, 0.2) is 6.33 Å². The van der Waals surface area contributed by atoms with Gasteiger partial charge in [-0.15, -0.1) is 0 Å². The van der Waals surface area contributed by atoms with E-state index < -0.39 is 5.97 Å². The molecule has 1 aromatic heterocycles. The molecule has 1 fully saturated rings. The second-order valence-electron chi connectivity index (χ2n) is 3.72. The Morgan fingerprint density at radius 1 is 1.67 bits per heavy atom. The fraction of sp³-hybridized carbons (Fsp3) is 0.667. The first-order valence-corrected chi connectivity index (χ1v) is 5.02. The van der Waals surface area contributed by atoms with Crippen molar-refractivity contribution in [1.82, 2.24) is 19.7 Å². The molecule has 0 aliphatic carbocycles. The summed E-state index contributed by atoms with van der Waals surface area (Å²) in [7, 11) is 0. The molecule has 1 aliphatic rings. The van der Waals surface area contributed by atoms with Crippen molar-refractivity contribution in [3.05, 3.63) is 12.2 Å². The van der Waals surface area contributed by atoms with Crippen molar-refractivity contribution in [2.24, 2.45) is 5.92 Å². The molecule has 6 heteroatoms. The van der Waals surface area contributed by atoms with Crippen LogP contribution in [-0.2, 0) is 17.9 Å². The molecule has 6 nitrogen and oxygen atoms in total. The molecule has 0 amide bonds. The molecule has 0 radical (unpaired) electrons. The zero-order valence-corrected chi connectivity index (χ0v) is 8.63. The number of carbonyl (C=O) groups is 1. The first-order chi connectivity index (χ1) is 7.20. The molecule has 15 heavy (non-hydrogen) atoms. The molecule has 1 saturated heterocycles. The molecule has 0 saturated carbocycles. The predicted octanol–water partition coefficient (Wildman–Crippen LogP) is -0.186. The van der Waals surface area contributed by atoms with Crippen molar-refractivity contribution >= 4 is 5.97 Å². The van der Waals surface area contributed by atoms with Crippen LogP contribution in [0, 0.1) is 5.92 Å². The van der Waals surface area contributed by atoms with Gasteiger partial charge in [0.2, 0.25) is 0 Å². The summed E-state index contributed by atoms with van der Waals surface area (Å²) >= 11 is 0. The second kappa shape index (κ2) is 3.98. The van der Waals surface area contributed by atoms with E-state index in [4.69, 9.17) is 5.11 Å². The summed E-state index contributed by atoms with van der Waals surface area (Å²) in [5, 5.41) is 12.8. The molecule has 2 heterocycles. The van der Waals surface area contributed by atoms with Gasteiger partial charge in [-0.2, -0.15) is 5.10 Å². The topological polar surface area (TPSA) is 71.2 Å². The number of aliphatic carboxylic acids is 1. The zero-order valence-electron chi connectivity index (χ0n) is 8.63. The van der Waals surface area contributed by atoms with Crippen molar-refractivity contribution in [2.75, 3.05) is 13.1 Å². The normalized spacial score (nSPS) is 17.7. The van der Waals surface area contributed by atoms with E-state index in [0.717, 1.165) is 12.4 Å². The lowest BCUT2D eigenvalue weighted by Gasteiger charge is -2.36. The Bertz CT molecular complexity index is 357. The highest BCUT2D eigenvalue weighted by molar-refractivity contribution is 5.71. The Labute approximate surface area is 87.5 Å². The number of aryl methyl sites for hydroxylation is 1. The summed E-state index contributed by atoms with van der Waals surface area (Å²) < 4.78 is 1.83. The first-order valence-electron chi connectivity index (χ1n) is 5.02. The molecule has 0 unspecified atom stereocenters. The molecule has 2 rings (SSSR count). The van der Waals surface area contributed by atoms with Gasteiger partial charge in [-0.1, -0.05) is 0 Å². The molecule has 1 N–H and O–H groups in total. The standard InChI is InChI=1S/C9H14N4O2/c1-2-13-8(10-6-11-13)5-12-3-7(4-12)9(14)15/h6-7H,2-5H2,1H3,(H,14,15). The van der Waals surface area contributed by atoms with Gasteiger partial charge in [0, 0.05) is 19.6 Å². The Hall–Kier alpha value is -1.43. The third-order valence-corrected chi connectivity index (χ3v) is 2.67. The number of aromatic nitrogens is 3. The van der Waals surface area contributed by atoms with Crippen molar-refractivity contribution in [3.8, 4) is 0 Å². The highest BCUT2D eigenvalue weighted by Crippen LogP contribution is 2.17. The van der Waals surface area contributed by atoms with E-state index >= 15 is 0 Å². The number of rotatable bonds is 4. The number of likely N-dealkylation sites (tertiary alicyclic amines) is 1. The van der Waals surface area contributed by atoms with Crippen LogP contribution < -0.4 is 0 Å². The van der Waals surface area contributed by atoms with E-state index in [1.54, 1.807) is 0 Å². The van der Waals surface area contributed by atoms with Crippen LogP contribution >= 0.6 is 0 Å². The van der Waals surface area contributed by atoms with Crippen LogP contribution in [0.1, 0.15) is 12.7 Å². The van der Waals surface area contributed by atoms with Crippen molar-refractivity contribution in [3.63, 3.8) is 0 Å². The van der Waals surface area contributed by atoms with Gasteiger partial charge >= 0.3 is 5.97 Å². The minimum Gasteiger partial charge on any atom is -0.481 e. The Kier molecular flexibility index (Phi) is 2.68. The number of carboxylic acids is 1. The number of carboxylic acid groups (broad SMARTS) is 1. The van der Waals surface area contributed by atoms with Crippen LogP contribution in [0.3, 0.4) is 0 Å². The lowest BCUT2D eigenvalue weighted by atomic mass is 10.0. The van der Waals surface area contributed by atoms with E-state index in [2.05, 4.69) is 15.0 Å². The monoisotopic (exact) mass is 210 g/mol.